The van der Waals surface area contributed by atoms with Crippen LogP contribution in [0.5, 0.6) is 0 Å². The van der Waals surface area contributed by atoms with Gasteiger partial charge < -0.3 is 15.2 Å². The van der Waals surface area contributed by atoms with Gasteiger partial charge in [-0.1, -0.05) is 33.1 Å². The highest BCUT2D eigenvalue weighted by molar-refractivity contribution is 5.82. The largest absolute Gasteiger partial charge is 0.382 e. The van der Waals surface area contributed by atoms with E-state index in [2.05, 4.69) is 0 Å². The Morgan fingerprint density at radius 1 is 1.00 bits per heavy atom. The van der Waals surface area contributed by atoms with Crippen LogP contribution in [0.2, 0.25) is 0 Å². The first kappa shape index (κ1) is 24.1. The minimum atomic E-state index is -0.259. The summed E-state index contributed by atoms with van der Waals surface area (Å²) in [6.07, 6.45) is 9.35. The van der Waals surface area contributed by atoms with Crippen molar-refractivity contribution in [1.29, 1.82) is 0 Å². The monoisotopic (exact) mass is 359 g/mol. The van der Waals surface area contributed by atoms with E-state index in [1.807, 2.05) is 20.8 Å². The first-order valence-corrected chi connectivity index (χ1v) is 9.96. The quantitative estimate of drug-likeness (QED) is 0.532. The number of carbonyl (C=O) groups excluding carboxylic acids is 2. The summed E-state index contributed by atoms with van der Waals surface area (Å²) in [6, 6.07) is 0. The number of unbranched alkanes of at least 4 members (excludes halogenated alkanes) is 1. The molecule has 1 amide bonds. The Kier molecular flexibility index (Phi) is 15.9. The third-order valence-electron chi connectivity index (χ3n) is 4.32. The van der Waals surface area contributed by atoms with Crippen LogP contribution < -0.4 is 5.73 Å². The lowest BCUT2D eigenvalue weighted by Crippen LogP contribution is -2.21. The molecule has 0 saturated heterocycles. The zero-order valence-corrected chi connectivity index (χ0v) is 16.6. The molecule has 0 aliphatic heterocycles. The van der Waals surface area contributed by atoms with Gasteiger partial charge in [-0.25, -0.2) is 0 Å². The van der Waals surface area contributed by atoms with Gasteiger partial charge >= 0.3 is 0 Å². The fraction of sp³-hybridized carbons (Fsp3) is 0.900. The Morgan fingerprint density at radius 2 is 1.56 bits per heavy atom. The number of hydrogen-bond donors (Lipinski definition) is 1. The van der Waals surface area contributed by atoms with Gasteiger partial charge in [0.1, 0.15) is 5.78 Å². The second-order valence-electron chi connectivity index (χ2n) is 6.98. The Balaban J connectivity index is 0. The van der Waals surface area contributed by atoms with Crippen molar-refractivity contribution in [2.75, 3.05) is 26.4 Å². The molecule has 1 rings (SSSR count). The molecule has 0 aromatic carbocycles. The molecule has 150 valence electrons. The number of ether oxygens (including phenoxy) is 2. The summed E-state index contributed by atoms with van der Waals surface area (Å²) in [5, 5.41) is 0. The molecule has 5 heteroatoms. The number of rotatable bonds is 12. The molecule has 0 aromatic heterocycles. The zero-order valence-electron chi connectivity index (χ0n) is 16.6. The van der Waals surface area contributed by atoms with Gasteiger partial charge in [-0.15, -0.1) is 0 Å². The Bertz CT molecular complexity index is 345. The number of Topliss-reactive ketones (excluding diaryl/α,β-unsaturated/α-hetero) is 1. The summed E-state index contributed by atoms with van der Waals surface area (Å²) in [5.74, 6) is 0.886. The van der Waals surface area contributed by atoms with E-state index in [1.165, 1.54) is 19.3 Å². The minimum Gasteiger partial charge on any atom is -0.382 e. The number of nitrogens with two attached hydrogens (primary N) is 1. The Morgan fingerprint density at radius 3 is 2.08 bits per heavy atom. The second kappa shape index (κ2) is 16.5. The van der Waals surface area contributed by atoms with E-state index in [1.54, 1.807) is 0 Å². The molecule has 1 saturated carbocycles. The molecule has 0 heterocycles. The molecule has 0 bridgehead atoms. The molecule has 1 fully saturated rings. The van der Waals surface area contributed by atoms with Crippen LogP contribution >= 0.6 is 0 Å². The minimum absolute atomic E-state index is 0. The van der Waals surface area contributed by atoms with E-state index in [-0.39, 0.29) is 13.3 Å². The lowest BCUT2D eigenvalue weighted by Gasteiger charge is -2.21. The summed E-state index contributed by atoms with van der Waals surface area (Å²) >= 11 is 0. The van der Waals surface area contributed by atoms with Gasteiger partial charge in [0, 0.05) is 46.1 Å². The van der Waals surface area contributed by atoms with Crippen molar-refractivity contribution in [2.24, 2.45) is 17.6 Å². The molecule has 1 aliphatic rings. The van der Waals surface area contributed by atoms with E-state index < -0.39 is 0 Å². The first-order chi connectivity index (χ1) is 12.0. The van der Waals surface area contributed by atoms with Gasteiger partial charge in [0.25, 0.3) is 0 Å². The summed E-state index contributed by atoms with van der Waals surface area (Å²) in [7, 11) is 0. The molecule has 0 atom stereocenters. The van der Waals surface area contributed by atoms with E-state index in [9.17, 15) is 9.59 Å². The van der Waals surface area contributed by atoms with Crippen molar-refractivity contribution in [3.63, 3.8) is 0 Å². The Labute approximate surface area is 155 Å². The van der Waals surface area contributed by atoms with Crippen molar-refractivity contribution < 1.29 is 20.5 Å². The predicted molar refractivity (Wildman–Crippen MR) is 104 cm³/mol. The highest BCUT2D eigenvalue weighted by Crippen LogP contribution is 2.26. The maximum absolute atomic E-state index is 11.5. The van der Waals surface area contributed by atoms with Gasteiger partial charge in [0.05, 0.1) is 0 Å². The molecule has 0 spiro atoms. The summed E-state index contributed by atoms with van der Waals surface area (Å²) in [5.41, 5.74) is 4.98. The van der Waals surface area contributed by atoms with Gasteiger partial charge in [0.2, 0.25) is 5.91 Å². The lowest BCUT2D eigenvalue weighted by atomic mass is 9.83. The van der Waals surface area contributed by atoms with Crippen LogP contribution in [0.4, 0.5) is 0 Å². The maximum atomic E-state index is 11.5. The second-order valence-corrected chi connectivity index (χ2v) is 6.98. The molecular formula is C20H41NO4. The molecule has 1 aliphatic carbocycles. The predicted octanol–water partition coefficient (Wildman–Crippen LogP) is 4.12. The van der Waals surface area contributed by atoms with E-state index in [0.717, 1.165) is 51.9 Å². The zero-order chi connectivity index (χ0) is 18.9. The average Bonchev–Trinajstić information content (AvgIpc) is 2.60. The van der Waals surface area contributed by atoms with E-state index in [4.69, 9.17) is 15.2 Å². The summed E-state index contributed by atoms with van der Waals surface area (Å²) in [4.78, 5) is 21.9. The van der Waals surface area contributed by atoms with Crippen LogP contribution in [-0.4, -0.2) is 38.1 Å². The fourth-order valence-corrected chi connectivity index (χ4v) is 2.86. The first-order valence-electron chi connectivity index (χ1n) is 9.96. The van der Waals surface area contributed by atoms with Crippen molar-refractivity contribution >= 4 is 11.7 Å². The smallest absolute Gasteiger partial charge is 0.217 e. The number of amides is 1. The van der Waals surface area contributed by atoms with Crippen molar-refractivity contribution in [2.45, 2.75) is 78.6 Å². The topological polar surface area (TPSA) is 78.6 Å². The van der Waals surface area contributed by atoms with Crippen LogP contribution in [0.3, 0.4) is 0 Å². The lowest BCUT2D eigenvalue weighted by molar-refractivity contribution is -0.126. The number of ketones is 1. The average molecular weight is 360 g/mol. The Hall–Kier alpha value is -0.940. The van der Waals surface area contributed by atoms with Crippen LogP contribution in [0.25, 0.3) is 0 Å². The highest BCUT2D eigenvalue weighted by Gasteiger charge is 2.22. The van der Waals surface area contributed by atoms with E-state index >= 15 is 0 Å². The standard InChI is InChI=1S/C10H21NO3.C10H18O.H2/c1-2-13-7-3-4-8-14-9-5-6-10(11)12;1-8(2)10(11)9-6-4-3-5-7-9;/h2-9H2,1H3,(H2,11,12);8-9H,3-7H2,1-2H3;1H. The number of hydrogen-bond acceptors (Lipinski definition) is 4. The fourth-order valence-electron chi connectivity index (χ4n) is 2.86. The molecular weight excluding hydrogens is 318 g/mol. The SMILES string of the molecule is CC(C)C(=O)C1CCCCC1.CCOCCCCOCCCC(N)=O.[HH]. The molecule has 5 nitrogen and oxygen atoms in total. The van der Waals surface area contributed by atoms with Crippen LogP contribution in [0, 0.1) is 11.8 Å². The number of carbonyl (C=O) groups is 2. The van der Waals surface area contributed by atoms with Crippen molar-refractivity contribution in [3.8, 4) is 0 Å². The molecule has 0 radical (unpaired) electrons. The summed E-state index contributed by atoms with van der Waals surface area (Å²) in [6.45, 7) is 8.96. The van der Waals surface area contributed by atoms with Gasteiger partial charge in [-0.05, 0) is 39.0 Å². The maximum Gasteiger partial charge on any atom is 0.217 e. The molecule has 25 heavy (non-hydrogen) atoms. The van der Waals surface area contributed by atoms with Crippen LogP contribution in [-0.2, 0) is 19.1 Å². The van der Waals surface area contributed by atoms with Crippen LogP contribution in [0.15, 0.2) is 0 Å². The van der Waals surface area contributed by atoms with Crippen molar-refractivity contribution in [3.05, 3.63) is 0 Å². The molecule has 0 unspecified atom stereocenters. The number of primary amides is 1. The van der Waals surface area contributed by atoms with Gasteiger partial charge in [-0.3, -0.25) is 9.59 Å². The van der Waals surface area contributed by atoms with E-state index in [0.29, 0.717) is 24.7 Å². The van der Waals surface area contributed by atoms with Crippen LogP contribution in [0.1, 0.15) is 80.0 Å². The third kappa shape index (κ3) is 15.1. The molecule has 2 N–H and O–H groups in total. The normalized spacial score (nSPS) is 14.9. The van der Waals surface area contributed by atoms with Crippen molar-refractivity contribution in [1.82, 2.24) is 0 Å². The molecule has 0 aromatic rings. The van der Waals surface area contributed by atoms with Gasteiger partial charge in [0.15, 0.2) is 0 Å². The highest BCUT2D eigenvalue weighted by atomic mass is 16.5. The van der Waals surface area contributed by atoms with Gasteiger partial charge in [-0.2, -0.15) is 0 Å². The third-order valence-corrected chi connectivity index (χ3v) is 4.32. The summed E-state index contributed by atoms with van der Waals surface area (Å²) < 4.78 is 10.5.